The molecular weight excluding hydrogens is 406 g/mol. The number of nitrogens with zero attached hydrogens (tertiary/aromatic N) is 1. The lowest BCUT2D eigenvalue weighted by atomic mass is 9.95. The van der Waals surface area contributed by atoms with Gasteiger partial charge in [-0.3, -0.25) is 4.79 Å². The summed E-state index contributed by atoms with van der Waals surface area (Å²) in [5.74, 6) is -0.438. The van der Waals surface area contributed by atoms with Crippen molar-refractivity contribution in [3.05, 3.63) is 63.5 Å². The van der Waals surface area contributed by atoms with Crippen molar-refractivity contribution in [2.24, 2.45) is 0 Å². The van der Waals surface area contributed by atoms with Crippen LogP contribution in [0.1, 0.15) is 30.3 Å². The summed E-state index contributed by atoms with van der Waals surface area (Å²) in [6, 6.07) is 10.8. The predicted octanol–water partition coefficient (Wildman–Crippen LogP) is 3.63. The fraction of sp³-hybridized carbons (Fsp3) is 0.286. The number of thiocarbonyl (C=S) groups is 1. The summed E-state index contributed by atoms with van der Waals surface area (Å²) in [4.78, 5) is 27.5. The number of hydrogen-bond donors (Lipinski definition) is 2. The monoisotopic (exact) mass is 429 g/mol. The molecule has 1 aromatic heterocycles. The maximum Gasteiger partial charge on any atom is 0.338 e. The Hall–Kier alpha value is -2.71. The summed E-state index contributed by atoms with van der Waals surface area (Å²) < 4.78 is 5.25. The van der Waals surface area contributed by atoms with E-state index < -0.39 is 6.04 Å². The molecule has 0 aliphatic carbocycles. The summed E-state index contributed by atoms with van der Waals surface area (Å²) in [5.41, 5.74) is 2.84. The van der Waals surface area contributed by atoms with Gasteiger partial charge in [0.25, 0.3) is 0 Å². The second kappa shape index (κ2) is 9.19. The molecule has 1 aromatic carbocycles. The molecule has 152 valence electrons. The SMILES string of the molecule is CCOC(=O)C1=C(C)N(C)C(=S)NC1c1ccc(NC(=O)Cc2cccs2)cc1. The number of carbonyl (C=O) groups excluding carboxylic acids is 2. The molecule has 1 amide bonds. The van der Waals surface area contributed by atoms with Crippen LogP contribution >= 0.6 is 23.6 Å². The van der Waals surface area contributed by atoms with Crippen molar-refractivity contribution in [2.45, 2.75) is 26.3 Å². The minimum absolute atomic E-state index is 0.0678. The minimum atomic E-state index is -0.409. The average molecular weight is 430 g/mol. The van der Waals surface area contributed by atoms with Crippen molar-refractivity contribution in [1.82, 2.24) is 10.2 Å². The van der Waals surface area contributed by atoms with E-state index in [9.17, 15) is 9.59 Å². The smallest absolute Gasteiger partial charge is 0.338 e. The van der Waals surface area contributed by atoms with Crippen molar-refractivity contribution >= 4 is 46.2 Å². The number of anilines is 1. The normalized spacial score (nSPS) is 16.4. The van der Waals surface area contributed by atoms with Gasteiger partial charge in [0.05, 0.1) is 24.6 Å². The number of esters is 1. The molecule has 29 heavy (non-hydrogen) atoms. The van der Waals surface area contributed by atoms with Gasteiger partial charge in [-0.25, -0.2) is 4.79 Å². The molecular formula is C21H23N3O3S2. The summed E-state index contributed by atoms with van der Waals surface area (Å²) in [5, 5.41) is 8.59. The van der Waals surface area contributed by atoms with Crippen molar-refractivity contribution in [3.8, 4) is 0 Å². The zero-order chi connectivity index (χ0) is 21.0. The molecule has 1 aliphatic heterocycles. The van der Waals surface area contributed by atoms with Crippen LogP contribution in [0.3, 0.4) is 0 Å². The summed E-state index contributed by atoms with van der Waals surface area (Å²) in [6.45, 7) is 3.93. The van der Waals surface area contributed by atoms with Crippen LogP contribution in [-0.2, 0) is 20.7 Å². The number of thiophene rings is 1. The maximum absolute atomic E-state index is 12.6. The van der Waals surface area contributed by atoms with Gasteiger partial charge in [0.15, 0.2) is 5.11 Å². The molecule has 1 unspecified atom stereocenters. The molecule has 0 fully saturated rings. The quantitative estimate of drug-likeness (QED) is 0.540. The van der Waals surface area contributed by atoms with Crippen LogP contribution < -0.4 is 10.6 Å². The Kier molecular flexibility index (Phi) is 6.66. The fourth-order valence-electron chi connectivity index (χ4n) is 3.09. The summed E-state index contributed by atoms with van der Waals surface area (Å²) in [6.07, 6.45) is 0.346. The van der Waals surface area contributed by atoms with E-state index in [0.717, 1.165) is 16.1 Å². The van der Waals surface area contributed by atoms with Gasteiger partial charge in [-0.1, -0.05) is 18.2 Å². The van der Waals surface area contributed by atoms with Gasteiger partial charge >= 0.3 is 5.97 Å². The van der Waals surface area contributed by atoms with E-state index in [1.165, 1.54) is 0 Å². The molecule has 0 saturated carbocycles. The first-order chi connectivity index (χ1) is 13.9. The number of amides is 1. The summed E-state index contributed by atoms with van der Waals surface area (Å²) >= 11 is 6.95. The molecule has 1 aliphatic rings. The van der Waals surface area contributed by atoms with Crippen LogP contribution in [0.25, 0.3) is 0 Å². The Bertz CT molecular complexity index is 937. The Morgan fingerprint density at radius 2 is 2.00 bits per heavy atom. The molecule has 2 heterocycles. The van der Waals surface area contributed by atoms with Gasteiger partial charge < -0.3 is 20.3 Å². The second-order valence-corrected chi connectivity index (χ2v) is 8.01. The standard InChI is InChI=1S/C21H23N3O3S2/c1-4-27-20(26)18-13(2)24(3)21(28)23-19(18)14-7-9-15(10-8-14)22-17(25)12-16-6-5-11-29-16/h5-11,19H,4,12H2,1-3H3,(H,22,25)(H,23,28). The first-order valence-corrected chi connectivity index (χ1v) is 10.5. The molecule has 8 heteroatoms. The van der Waals surface area contributed by atoms with Crippen LogP contribution in [-0.4, -0.2) is 35.5 Å². The third-order valence-electron chi connectivity index (χ3n) is 4.69. The molecule has 2 N–H and O–H groups in total. The number of allylic oxidation sites excluding steroid dienone is 1. The van der Waals surface area contributed by atoms with Crippen LogP contribution in [0.15, 0.2) is 53.0 Å². The van der Waals surface area contributed by atoms with Crippen LogP contribution in [0.2, 0.25) is 0 Å². The van der Waals surface area contributed by atoms with Crippen molar-refractivity contribution in [1.29, 1.82) is 0 Å². The number of rotatable bonds is 6. The molecule has 6 nitrogen and oxygen atoms in total. The van der Waals surface area contributed by atoms with Crippen LogP contribution in [0.4, 0.5) is 5.69 Å². The first-order valence-electron chi connectivity index (χ1n) is 9.25. The van der Waals surface area contributed by atoms with Crippen LogP contribution in [0.5, 0.6) is 0 Å². The maximum atomic E-state index is 12.6. The lowest BCUT2D eigenvalue weighted by Gasteiger charge is -2.35. The van der Waals surface area contributed by atoms with E-state index in [4.69, 9.17) is 17.0 Å². The van der Waals surface area contributed by atoms with Crippen molar-refractivity contribution < 1.29 is 14.3 Å². The Balaban J connectivity index is 1.79. The van der Waals surface area contributed by atoms with E-state index >= 15 is 0 Å². The molecule has 0 bridgehead atoms. The lowest BCUT2D eigenvalue weighted by molar-refractivity contribution is -0.139. The third kappa shape index (κ3) is 4.83. The largest absolute Gasteiger partial charge is 0.463 e. The van der Waals surface area contributed by atoms with Crippen molar-refractivity contribution in [3.63, 3.8) is 0 Å². The van der Waals surface area contributed by atoms with Crippen molar-refractivity contribution in [2.75, 3.05) is 19.0 Å². The van der Waals surface area contributed by atoms with Gasteiger partial charge in [-0.2, -0.15) is 0 Å². The predicted molar refractivity (Wildman–Crippen MR) is 119 cm³/mol. The Morgan fingerprint density at radius 1 is 1.28 bits per heavy atom. The molecule has 0 spiro atoms. The first kappa shape index (κ1) is 21.0. The van der Waals surface area contributed by atoms with Gasteiger partial charge in [0.2, 0.25) is 5.91 Å². The molecule has 2 aromatic rings. The van der Waals surface area contributed by atoms with E-state index in [1.807, 2.05) is 55.7 Å². The van der Waals surface area contributed by atoms with E-state index in [1.54, 1.807) is 23.2 Å². The Morgan fingerprint density at radius 3 is 2.62 bits per heavy atom. The zero-order valence-corrected chi connectivity index (χ0v) is 18.2. The Labute approximate surface area is 179 Å². The molecule has 1 atom stereocenters. The zero-order valence-electron chi connectivity index (χ0n) is 16.5. The number of hydrogen-bond acceptors (Lipinski definition) is 5. The highest BCUT2D eigenvalue weighted by Crippen LogP contribution is 2.31. The number of nitrogens with one attached hydrogen (secondary N) is 2. The summed E-state index contributed by atoms with van der Waals surface area (Å²) in [7, 11) is 1.81. The number of ether oxygens (including phenoxy) is 1. The molecule has 3 rings (SSSR count). The lowest BCUT2D eigenvalue weighted by Crippen LogP contribution is -2.46. The second-order valence-electron chi connectivity index (χ2n) is 6.59. The van der Waals surface area contributed by atoms with Gasteiger partial charge in [0, 0.05) is 23.3 Å². The van der Waals surface area contributed by atoms with E-state index in [0.29, 0.717) is 29.4 Å². The van der Waals surface area contributed by atoms with E-state index in [-0.39, 0.29) is 11.9 Å². The molecule has 0 saturated heterocycles. The highest BCUT2D eigenvalue weighted by molar-refractivity contribution is 7.80. The molecule has 0 radical (unpaired) electrons. The highest BCUT2D eigenvalue weighted by atomic mass is 32.1. The number of carbonyl (C=O) groups is 2. The van der Waals surface area contributed by atoms with Crippen LogP contribution in [0, 0.1) is 0 Å². The minimum Gasteiger partial charge on any atom is -0.463 e. The van der Waals surface area contributed by atoms with Gasteiger partial charge in [-0.15, -0.1) is 11.3 Å². The fourth-order valence-corrected chi connectivity index (χ4v) is 4.05. The number of benzene rings is 1. The topological polar surface area (TPSA) is 70.7 Å². The highest BCUT2D eigenvalue weighted by Gasteiger charge is 2.33. The van der Waals surface area contributed by atoms with Gasteiger partial charge in [-0.05, 0) is 55.2 Å². The van der Waals surface area contributed by atoms with E-state index in [2.05, 4.69) is 10.6 Å². The average Bonchev–Trinajstić information content (AvgIpc) is 3.19. The third-order valence-corrected chi connectivity index (χ3v) is 5.96. The van der Waals surface area contributed by atoms with Gasteiger partial charge in [0.1, 0.15) is 0 Å².